The van der Waals surface area contributed by atoms with Gasteiger partial charge in [0, 0.05) is 26.2 Å². The molecular weight excluding hydrogens is 342 g/mol. The second-order valence-corrected chi connectivity index (χ2v) is 6.80. The number of guanidine groups is 1. The average Bonchev–Trinajstić information content (AvgIpc) is 3.04. The first-order valence-corrected chi connectivity index (χ1v) is 8.60. The predicted molar refractivity (Wildman–Crippen MR) is 88.0 cm³/mol. The summed E-state index contributed by atoms with van der Waals surface area (Å²) in [4.78, 5) is 7.15. The molecule has 2 rings (SSSR count). The zero-order valence-corrected chi connectivity index (χ0v) is 13.9. The van der Waals surface area contributed by atoms with Crippen LogP contribution in [0.1, 0.15) is 16.7 Å². The topological polar surface area (TPSA) is 36.4 Å². The Kier molecular flexibility index (Phi) is 5.88. The summed E-state index contributed by atoms with van der Waals surface area (Å²) in [7, 11) is 0. The Morgan fingerprint density at radius 2 is 2.21 bits per heavy atom. The Morgan fingerprint density at radius 3 is 2.84 bits per heavy atom. The molecule has 2 aromatic rings. The van der Waals surface area contributed by atoms with Crippen LogP contribution in [-0.2, 0) is 13.1 Å². The molecule has 0 atom stereocenters. The normalized spacial score (nSPS) is 11.6. The van der Waals surface area contributed by atoms with Crippen molar-refractivity contribution in [2.24, 2.45) is 4.99 Å². The van der Waals surface area contributed by atoms with Gasteiger partial charge in [-0.15, -0.1) is 22.7 Å². The summed E-state index contributed by atoms with van der Waals surface area (Å²) < 4.78 is 1.12. The molecule has 3 nitrogen and oxygen atoms in total. The monoisotopic (exact) mass is 357 g/mol. The van der Waals surface area contributed by atoms with E-state index in [0.717, 1.165) is 23.5 Å². The van der Waals surface area contributed by atoms with Crippen molar-refractivity contribution in [3.63, 3.8) is 0 Å². The molecule has 0 spiro atoms. The summed E-state index contributed by atoms with van der Waals surface area (Å²) in [6.07, 6.45) is 0. The second-order valence-electron chi connectivity index (χ2n) is 3.86. The van der Waals surface area contributed by atoms with Crippen molar-refractivity contribution in [3.8, 4) is 0 Å². The molecule has 0 aliphatic carbocycles. The van der Waals surface area contributed by atoms with Gasteiger partial charge in [0.25, 0.3) is 0 Å². The van der Waals surface area contributed by atoms with Gasteiger partial charge in [-0.1, -0.05) is 6.07 Å². The molecule has 19 heavy (non-hydrogen) atoms. The van der Waals surface area contributed by atoms with Gasteiger partial charge in [0.15, 0.2) is 5.96 Å². The number of aliphatic imine (C=N–C) groups is 1. The molecule has 0 saturated carbocycles. The van der Waals surface area contributed by atoms with Crippen molar-refractivity contribution in [3.05, 3.63) is 43.2 Å². The van der Waals surface area contributed by atoms with Crippen LogP contribution in [-0.4, -0.2) is 12.5 Å². The van der Waals surface area contributed by atoms with Crippen LogP contribution in [0.4, 0.5) is 0 Å². The molecule has 2 aromatic heterocycles. The summed E-state index contributed by atoms with van der Waals surface area (Å²) in [6, 6.07) is 6.30. The van der Waals surface area contributed by atoms with Crippen LogP contribution in [0.2, 0.25) is 0 Å². The van der Waals surface area contributed by atoms with Gasteiger partial charge < -0.3 is 10.6 Å². The molecule has 102 valence electrons. The Labute approximate surface area is 129 Å². The summed E-state index contributed by atoms with van der Waals surface area (Å²) in [5.74, 6) is 0.862. The van der Waals surface area contributed by atoms with Crippen molar-refractivity contribution in [2.45, 2.75) is 20.0 Å². The van der Waals surface area contributed by atoms with Gasteiger partial charge in [0.2, 0.25) is 0 Å². The minimum absolute atomic E-state index is 0.704. The molecule has 0 bridgehead atoms. The van der Waals surface area contributed by atoms with Gasteiger partial charge in [0.1, 0.15) is 0 Å². The van der Waals surface area contributed by atoms with Crippen LogP contribution in [0.25, 0.3) is 0 Å². The lowest BCUT2D eigenvalue weighted by atomic mass is 10.4. The van der Waals surface area contributed by atoms with Crippen molar-refractivity contribution < 1.29 is 0 Å². The fraction of sp³-hybridized carbons (Fsp3) is 0.308. The number of thiophene rings is 2. The molecule has 0 aliphatic rings. The van der Waals surface area contributed by atoms with Crippen LogP contribution in [0, 0.1) is 0 Å². The smallest absolute Gasteiger partial charge is 0.191 e. The van der Waals surface area contributed by atoms with E-state index in [1.807, 2.05) is 0 Å². The molecule has 2 heterocycles. The fourth-order valence-corrected chi connectivity index (χ4v) is 3.54. The highest BCUT2D eigenvalue weighted by atomic mass is 79.9. The van der Waals surface area contributed by atoms with Crippen molar-refractivity contribution >= 4 is 44.6 Å². The largest absolute Gasteiger partial charge is 0.357 e. The van der Waals surface area contributed by atoms with E-state index in [2.05, 4.69) is 67.4 Å². The zero-order valence-electron chi connectivity index (χ0n) is 10.6. The maximum absolute atomic E-state index is 4.59. The molecule has 0 saturated heterocycles. The van der Waals surface area contributed by atoms with Gasteiger partial charge in [0.05, 0.1) is 13.1 Å². The van der Waals surface area contributed by atoms with E-state index in [1.165, 1.54) is 9.75 Å². The fourth-order valence-electron chi connectivity index (χ4n) is 1.52. The van der Waals surface area contributed by atoms with E-state index >= 15 is 0 Å². The molecule has 2 N–H and O–H groups in total. The SMILES string of the molecule is CCNC(=NCc1cc(Br)cs1)NCc1cccs1. The van der Waals surface area contributed by atoms with Crippen LogP contribution in [0.5, 0.6) is 0 Å². The maximum Gasteiger partial charge on any atom is 0.191 e. The molecular formula is C13H16BrN3S2. The Bertz CT molecular complexity index is 520. The zero-order chi connectivity index (χ0) is 13.5. The van der Waals surface area contributed by atoms with Crippen LogP contribution >= 0.6 is 38.6 Å². The Morgan fingerprint density at radius 1 is 1.32 bits per heavy atom. The standard InChI is InChI=1S/C13H16BrN3S2/c1-2-15-13(16-7-11-4-3-5-18-11)17-8-12-6-10(14)9-19-12/h3-6,9H,2,7-8H2,1H3,(H2,15,16,17). The first-order valence-electron chi connectivity index (χ1n) is 6.05. The summed E-state index contributed by atoms with van der Waals surface area (Å²) in [5, 5.41) is 10.8. The number of nitrogens with one attached hydrogen (secondary N) is 2. The molecule has 6 heteroatoms. The first kappa shape index (κ1) is 14.6. The van der Waals surface area contributed by atoms with Gasteiger partial charge in [-0.2, -0.15) is 0 Å². The van der Waals surface area contributed by atoms with Crippen molar-refractivity contribution in [1.82, 2.24) is 10.6 Å². The third-order valence-corrected chi connectivity index (χ3v) is 4.93. The van der Waals surface area contributed by atoms with E-state index in [-0.39, 0.29) is 0 Å². The number of nitrogens with zero attached hydrogens (tertiary/aromatic N) is 1. The van der Waals surface area contributed by atoms with Gasteiger partial charge in [-0.05, 0) is 40.4 Å². The highest BCUT2D eigenvalue weighted by Gasteiger charge is 2.00. The van der Waals surface area contributed by atoms with Crippen LogP contribution in [0.15, 0.2) is 38.4 Å². The maximum atomic E-state index is 4.59. The predicted octanol–water partition coefficient (Wildman–Crippen LogP) is 3.83. The van der Waals surface area contributed by atoms with E-state index in [1.54, 1.807) is 22.7 Å². The van der Waals surface area contributed by atoms with Crippen LogP contribution < -0.4 is 10.6 Å². The van der Waals surface area contributed by atoms with Crippen molar-refractivity contribution in [1.29, 1.82) is 0 Å². The molecule has 0 amide bonds. The Balaban J connectivity index is 1.90. The lowest BCUT2D eigenvalue weighted by molar-refractivity contribution is 0.825. The number of rotatable bonds is 5. The van der Waals surface area contributed by atoms with E-state index in [4.69, 9.17) is 0 Å². The molecule has 0 fully saturated rings. The lowest BCUT2D eigenvalue weighted by Crippen LogP contribution is -2.36. The average molecular weight is 358 g/mol. The van der Waals surface area contributed by atoms with E-state index < -0.39 is 0 Å². The number of halogens is 1. The molecule has 0 aromatic carbocycles. The third kappa shape index (κ3) is 4.97. The molecule has 0 unspecified atom stereocenters. The van der Waals surface area contributed by atoms with Gasteiger partial charge >= 0.3 is 0 Å². The van der Waals surface area contributed by atoms with Crippen LogP contribution in [0.3, 0.4) is 0 Å². The highest BCUT2D eigenvalue weighted by Crippen LogP contribution is 2.20. The highest BCUT2D eigenvalue weighted by molar-refractivity contribution is 9.10. The van der Waals surface area contributed by atoms with E-state index in [9.17, 15) is 0 Å². The molecule has 0 aliphatic heterocycles. The first-order chi connectivity index (χ1) is 9.28. The third-order valence-electron chi connectivity index (χ3n) is 2.37. The lowest BCUT2D eigenvalue weighted by Gasteiger charge is -2.09. The summed E-state index contributed by atoms with van der Waals surface area (Å²) in [6.45, 7) is 4.46. The minimum atomic E-state index is 0.704. The minimum Gasteiger partial charge on any atom is -0.357 e. The summed E-state index contributed by atoms with van der Waals surface area (Å²) >= 11 is 6.93. The van der Waals surface area contributed by atoms with Crippen molar-refractivity contribution in [2.75, 3.05) is 6.54 Å². The summed E-state index contributed by atoms with van der Waals surface area (Å²) in [5.41, 5.74) is 0. The van der Waals surface area contributed by atoms with E-state index in [0.29, 0.717) is 6.54 Å². The van der Waals surface area contributed by atoms with Gasteiger partial charge in [-0.25, -0.2) is 4.99 Å². The van der Waals surface area contributed by atoms with Gasteiger partial charge in [-0.3, -0.25) is 0 Å². The second kappa shape index (κ2) is 7.67. The number of hydrogen-bond acceptors (Lipinski definition) is 3. The quantitative estimate of drug-likeness (QED) is 0.630. The Hall–Kier alpha value is -0.850. The number of hydrogen-bond donors (Lipinski definition) is 2. The molecule has 0 radical (unpaired) electrons.